The third kappa shape index (κ3) is 4.45. The number of morpholine rings is 1. The Bertz CT molecular complexity index is 421. The summed E-state index contributed by atoms with van der Waals surface area (Å²) in [6.45, 7) is 7.01. The highest BCUT2D eigenvalue weighted by Crippen LogP contribution is 2.34. The summed E-state index contributed by atoms with van der Waals surface area (Å²) in [6, 6.07) is 9.73. The van der Waals surface area contributed by atoms with Gasteiger partial charge in [-0.25, -0.2) is 0 Å². The van der Waals surface area contributed by atoms with Crippen LogP contribution in [0.3, 0.4) is 0 Å². The van der Waals surface area contributed by atoms with Gasteiger partial charge in [-0.15, -0.1) is 0 Å². The fourth-order valence-electron chi connectivity index (χ4n) is 3.06. The Morgan fingerprint density at radius 2 is 1.90 bits per heavy atom. The van der Waals surface area contributed by atoms with Crippen LogP contribution in [0.1, 0.15) is 38.2 Å². The number of rotatable bonds is 7. The molecule has 116 valence electrons. The number of nitrogens with one attached hydrogen (secondary N) is 1. The summed E-state index contributed by atoms with van der Waals surface area (Å²) in [5, 5.41) is 3.72. The van der Waals surface area contributed by atoms with Crippen molar-refractivity contribution in [3.63, 3.8) is 0 Å². The van der Waals surface area contributed by atoms with Crippen molar-refractivity contribution in [2.24, 2.45) is 5.92 Å². The van der Waals surface area contributed by atoms with E-state index in [0.717, 1.165) is 38.8 Å². The Balaban J connectivity index is 1.48. The lowest BCUT2D eigenvalue weighted by Gasteiger charge is -2.29. The molecule has 1 saturated carbocycles. The Hall–Kier alpha value is -1.06. The summed E-state index contributed by atoms with van der Waals surface area (Å²) in [5.74, 6) is 1.01. The second-order valence-electron chi connectivity index (χ2n) is 6.43. The quantitative estimate of drug-likeness (QED) is 0.834. The predicted octanol–water partition coefficient (Wildman–Crippen LogP) is 3.19. The summed E-state index contributed by atoms with van der Waals surface area (Å²) in [5.41, 5.74) is 2.72. The van der Waals surface area contributed by atoms with Gasteiger partial charge in [0, 0.05) is 31.4 Å². The first-order valence-corrected chi connectivity index (χ1v) is 8.50. The second kappa shape index (κ2) is 7.28. The molecule has 1 atom stereocenters. The topological polar surface area (TPSA) is 24.5 Å². The molecule has 2 fully saturated rings. The smallest absolute Gasteiger partial charge is 0.0642 e. The first-order chi connectivity index (χ1) is 10.3. The van der Waals surface area contributed by atoms with E-state index in [0.29, 0.717) is 6.04 Å². The summed E-state index contributed by atoms with van der Waals surface area (Å²) >= 11 is 0. The monoisotopic (exact) mass is 288 g/mol. The maximum Gasteiger partial charge on any atom is 0.0642 e. The highest BCUT2D eigenvalue weighted by Gasteiger charge is 2.24. The van der Waals surface area contributed by atoms with E-state index in [4.69, 9.17) is 4.74 Å². The Morgan fingerprint density at radius 1 is 1.19 bits per heavy atom. The molecule has 21 heavy (non-hydrogen) atoms. The van der Waals surface area contributed by atoms with Gasteiger partial charge in [-0.1, -0.05) is 31.9 Å². The van der Waals surface area contributed by atoms with Gasteiger partial charge in [0.15, 0.2) is 0 Å². The van der Waals surface area contributed by atoms with Crippen molar-refractivity contribution in [1.82, 2.24) is 5.32 Å². The molecule has 1 saturated heterocycles. The molecule has 1 aliphatic heterocycles. The van der Waals surface area contributed by atoms with E-state index < -0.39 is 0 Å². The average Bonchev–Trinajstić information content (AvgIpc) is 3.37. The Morgan fingerprint density at radius 3 is 2.52 bits per heavy atom. The number of anilines is 1. The molecule has 2 aliphatic rings. The van der Waals surface area contributed by atoms with Crippen LogP contribution >= 0.6 is 0 Å². The van der Waals surface area contributed by atoms with E-state index in [2.05, 4.69) is 41.4 Å². The molecule has 0 bridgehead atoms. The van der Waals surface area contributed by atoms with Crippen LogP contribution in [-0.4, -0.2) is 32.3 Å². The molecule has 3 rings (SSSR count). The summed E-state index contributed by atoms with van der Waals surface area (Å²) < 4.78 is 5.41. The lowest BCUT2D eigenvalue weighted by molar-refractivity contribution is 0.122. The van der Waals surface area contributed by atoms with Crippen LogP contribution < -0.4 is 10.2 Å². The van der Waals surface area contributed by atoms with Crippen molar-refractivity contribution in [3.8, 4) is 0 Å². The molecule has 3 nitrogen and oxygen atoms in total. The number of hydrogen-bond acceptors (Lipinski definition) is 3. The van der Waals surface area contributed by atoms with Gasteiger partial charge >= 0.3 is 0 Å². The van der Waals surface area contributed by atoms with Gasteiger partial charge in [-0.2, -0.15) is 0 Å². The SMILES string of the molecule is CCC(CC1CC1)NCc1ccc(N2CCOCC2)cc1. The maximum atomic E-state index is 5.41. The first-order valence-electron chi connectivity index (χ1n) is 8.50. The molecule has 0 aromatic heterocycles. The van der Waals surface area contributed by atoms with Gasteiger partial charge in [0.05, 0.1) is 13.2 Å². The third-order valence-electron chi connectivity index (χ3n) is 4.72. The van der Waals surface area contributed by atoms with Gasteiger partial charge in [0.1, 0.15) is 0 Å². The van der Waals surface area contributed by atoms with Gasteiger partial charge in [-0.3, -0.25) is 0 Å². The van der Waals surface area contributed by atoms with Crippen LogP contribution in [0.2, 0.25) is 0 Å². The zero-order valence-electron chi connectivity index (χ0n) is 13.2. The van der Waals surface area contributed by atoms with E-state index in [-0.39, 0.29) is 0 Å². The largest absolute Gasteiger partial charge is 0.378 e. The molecule has 0 amide bonds. The van der Waals surface area contributed by atoms with Crippen molar-refractivity contribution in [3.05, 3.63) is 29.8 Å². The zero-order chi connectivity index (χ0) is 14.5. The fourth-order valence-corrected chi connectivity index (χ4v) is 3.06. The van der Waals surface area contributed by atoms with Gasteiger partial charge < -0.3 is 15.0 Å². The van der Waals surface area contributed by atoms with Crippen molar-refractivity contribution < 1.29 is 4.74 Å². The molecular weight excluding hydrogens is 260 g/mol. The molecular formula is C18H28N2O. The minimum absolute atomic E-state index is 0.691. The number of nitrogens with zero attached hydrogens (tertiary/aromatic N) is 1. The second-order valence-corrected chi connectivity index (χ2v) is 6.43. The van der Waals surface area contributed by atoms with Gasteiger partial charge in [0.25, 0.3) is 0 Å². The van der Waals surface area contributed by atoms with Crippen LogP contribution in [0.4, 0.5) is 5.69 Å². The fraction of sp³-hybridized carbons (Fsp3) is 0.667. The van der Waals surface area contributed by atoms with Crippen LogP contribution in [0.15, 0.2) is 24.3 Å². The normalized spacial score (nSPS) is 20.5. The molecule has 1 heterocycles. The Labute approximate surface area is 128 Å². The van der Waals surface area contributed by atoms with E-state index >= 15 is 0 Å². The standard InChI is InChI=1S/C18H28N2O/c1-2-17(13-15-3-4-15)19-14-16-5-7-18(8-6-16)20-9-11-21-12-10-20/h5-8,15,17,19H,2-4,9-14H2,1H3. The molecule has 1 N–H and O–H groups in total. The molecule has 0 spiro atoms. The minimum atomic E-state index is 0.691. The van der Waals surface area contributed by atoms with Crippen LogP contribution in [0.25, 0.3) is 0 Å². The highest BCUT2D eigenvalue weighted by atomic mass is 16.5. The Kier molecular flexibility index (Phi) is 5.15. The van der Waals surface area contributed by atoms with Crippen molar-refractivity contribution in [2.75, 3.05) is 31.2 Å². The van der Waals surface area contributed by atoms with Crippen LogP contribution in [-0.2, 0) is 11.3 Å². The molecule has 1 aromatic carbocycles. The van der Waals surface area contributed by atoms with E-state index in [1.807, 2.05) is 0 Å². The van der Waals surface area contributed by atoms with E-state index in [9.17, 15) is 0 Å². The average molecular weight is 288 g/mol. The number of ether oxygens (including phenoxy) is 1. The summed E-state index contributed by atoms with van der Waals surface area (Å²) in [7, 11) is 0. The van der Waals surface area contributed by atoms with Gasteiger partial charge in [-0.05, 0) is 36.5 Å². The summed E-state index contributed by atoms with van der Waals surface area (Å²) in [6.07, 6.45) is 5.50. The van der Waals surface area contributed by atoms with E-state index in [1.54, 1.807) is 0 Å². The number of hydrogen-bond donors (Lipinski definition) is 1. The lowest BCUT2D eigenvalue weighted by atomic mass is 10.1. The van der Waals surface area contributed by atoms with E-state index in [1.165, 1.54) is 36.9 Å². The molecule has 1 aromatic rings. The molecule has 1 unspecified atom stereocenters. The van der Waals surface area contributed by atoms with Crippen molar-refractivity contribution in [2.45, 2.75) is 45.2 Å². The molecule has 1 aliphatic carbocycles. The number of benzene rings is 1. The van der Waals surface area contributed by atoms with Crippen LogP contribution in [0.5, 0.6) is 0 Å². The highest BCUT2D eigenvalue weighted by molar-refractivity contribution is 5.47. The summed E-state index contributed by atoms with van der Waals surface area (Å²) in [4.78, 5) is 2.41. The maximum absolute atomic E-state index is 5.41. The van der Waals surface area contributed by atoms with Crippen molar-refractivity contribution >= 4 is 5.69 Å². The predicted molar refractivity (Wildman–Crippen MR) is 87.7 cm³/mol. The third-order valence-corrected chi connectivity index (χ3v) is 4.72. The van der Waals surface area contributed by atoms with Gasteiger partial charge in [0.2, 0.25) is 0 Å². The zero-order valence-corrected chi connectivity index (χ0v) is 13.2. The van der Waals surface area contributed by atoms with Crippen molar-refractivity contribution in [1.29, 1.82) is 0 Å². The molecule has 0 radical (unpaired) electrons. The lowest BCUT2D eigenvalue weighted by Crippen LogP contribution is -2.36. The minimum Gasteiger partial charge on any atom is -0.378 e. The first kappa shape index (κ1) is 14.9. The molecule has 3 heteroatoms. The van der Waals surface area contributed by atoms with Crippen LogP contribution in [0, 0.1) is 5.92 Å².